The second kappa shape index (κ2) is 16.4. The highest BCUT2D eigenvalue weighted by Crippen LogP contribution is 2.33. The first kappa shape index (κ1) is 32.5. The van der Waals surface area contributed by atoms with Crippen LogP contribution in [0.2, 0.25) is 0 Å². The molecule has 1 aromatic carbocycles. The molecule has 0 amide bonds. The van der Waals surface area contributed by atoms with Gasteiger partial charge < -0.3 is 18.9 Å². The number of allylic oxidation sites excluding steroid dienone is 2. The number of methoxy groups -OCH3 is 2. The normalized spacial score (nSPS) is 20.9. The number of ketones is 1. The fourth-order valence-corrected chi connectivity index (χ4v) is 5.08. The van der Waals surface area contributed by atoms with E-state index in [1.54, 1.807) is 6.92 Å². The van der Waals surface area contributed by atoms with Gasteiger partial charge in [-0.25, -0.2) is 4.79 Å². The Morgan fingerprint density at radius 3 is 2.31 bits per heavy atom. The van der Waals surface area contributed by atoms with Gasteiger partial charge >= 0.3 is 11.9 Å². The van der Waals surface area contributed by atoms with Crippen LogP contribution in [0.15, 0.2) is 42.2 Å². The summed E-state index contributed by atoms with van der Waals surface area (Å²) in [5, 5.41) is 0. The molecular formula is C32H48O7. The van der Waals surface area contributed by atoms with Crippen molar-refractivity contribution in [2.24, 2.45) is 23.7 Å². The summed E-state index contributed by atoms with van der Waals surface area (Å²) < 4.78 is 22.8. The highest BCUT2D eigenvalue weighted by molar-refractivity contribution is 5.78. The Bertz CT molecular complexity index is 941. The Balaban J connectivity index is 2.04. The van der Waals surface area contributed by atoms with Crippen molar-refractivity contribution in [3.63, 3.8) is 0 Å². The number of esters is 2. The summed E-state index contributed by atoms with van der Waals surface area (Å²) in [4.78, 5) is 36.6. The Morgan fingerprint density at radius 2 is 1.69 bits per heavy atom. The lowest BCUT2D eigenvalue weighted by Crippen LogP contribution is -2.32. The lowest BCUT2D eigenvalue weighted by molar-refractivity contribution is -0.164. The summed E-state index contributed by atoms with van der Waals surface area (Å²) in [6, 6.07) is 9.32. The van der Waals surface area contributed by atoms with E-state index in [4.69, 9.17) is 18.9 Å². The summed E-state index contributed by atoms with van der Waals surface area (Å²) in [6.07, 6.45) is 5.85. The molecule has 1 aromatic rings. The summed E-state index contributed by atoms with van der Waals surface area (Å²) in [5.74, 6) is 1.03. The van der Waals surface area contributed by atoms with Crippen molar-refractivity contribution in [2.75, 3.05) is 14.2 Å². The van der Waals surface area contributed by atoms with Gasteiger partial charge in [0, 0.05) is 25.9 Å². The molecule has 0 fully saturated rings. The van der Waals surface area contributed by atoms with Gasteiger partial charge in [0.25, 0.3) is 0 Å². The van der Waals surface area contributed by atoms with Crippen molar-refractivity contribution < 1.29 is 33.3 Å². The van der Waals surface area contributed by atoms with Crippen LogP contribution in [0.1, 0.15) is 91.2 Å². The van der Waals surface area contributed by atoms with Crippen LogP contribution in [-0.2, 0) is 33.3 Å². The third-order valence-electron chi connectivity index (χ3n) is 8.04. The van der Waals surface area contributed by atoms with E-state index in [0.29, 0.717) is 25.2 Å². The van der Waals surface area contributed by atoms with Gasteiger partial charge in [0.15, 0.2) is 6.10 Å². The molecule has 0 aromatic heterocycles. The standard InChI is InChI=1S/C32H48O7/c1-21(25(5)33)15-19-28(39-32(35)31(37-7)26-11-9-8-10-12-26)22(2)13-17-27-18-14-23(3)30(38-27)24(4)16-20-29(34)36-6/h8-12,18,21-24,28,30-31H,13-17,19-20H2,1-7H3/t21-,22+,23-,24+,28-,30+,31+/m0/s1. The predicted molar refractivity (Wildman–Crippen MR) is 151 cm³/mol. The van der Waals surface area contributed by atoms with Crippen molar-refractivity contribution in [3.05, 3.63) is 47.7 Å². The molecule has 0 saturated carbocycles. The van der Waals surface area contributed by atoms with Gasteiger partial charge in [0.2, 0.25) is 0 Å². The van der Waals surface area contributed by atoms with E-state index in [1.807, 2.05) is 37.3 Å². The molecule has 0 N–H and O–H groups in total. The van der Waals surface area contributed by atoms with E-state index in [1.165, 1.54) is 14.2 Å². The first-order chi connectivity index (χ1) is 18.6. The Labute approximate surface area is 234 Å². The van der Waals surface area contributed by atoms with Gasteiger partial charge in [-0.05, 0) is 68.4 Å². The Hall–Kier alpha value is -2.67. The van der Waals surface area contributed by atoms with Crippen LogP contribution in [-0.4, -0.2) is 44.1 Å². The molecule has 218 valence electrons. The van der Waals surface area contributed by atoms with Crippen molar-refractivity contribution in [2.45, 2.75) is 97.9 Å². The quantitative estimate of drug-likeness (QED) is 0.217. The van der Waals surface area contributed by atoms with Crippen LogP contribution in [0.25, 0.3) is 0 Å². The Morgan fingerprint density at radius 1 is 1.00 bits per heavy atom. The van der Waals surface area contributed by atoms with Crippen molar-refractivity contribution in [3.8, 4) is 0 Å². The highest BCUT2D eigenvalue weighted by atomic mass is 16.6. The minimum Gasteiger partial charge on any atom is -0.495 e. The molecule has 7 nitrogen and oxygen atoms in total. The minimum atomic E-state index is -0.802. The maximum absolute atomic E-state index is 13.2. The molecule has 0 spiro atoms. The van der Waals surface area contributed by atoms with E-state index >= 15 is 0 Å². The summed E-state index contributed by atoms with van der Waals surface area (Å²) in [6.45, 7) is 9.91. The molecule has 0 unspecified atom stereocenters. The molecule has 1 aliphatic rings. The molecule has 0 saturated heterocycles. The third kappa shape index (κ3) is 10.4. The van der Waals surface area contributed by atoms with E-state index in [2.05, 4.69) is 26.8 Å². The van der Waals surface area contributed by atoms with Crippen molar-refractivity contribution >= 4 is 17.7 Å². The van der Waals surface area contributed by atoms with Gasteiger partial charge in [0.1, 0.15) is 18.0 Å². The second-order valence-electron chi connectivity index (χ2n) is 11.2. The molecule has 1 heterocycles. The van der Waals surface area contributed by atoms with Gasteiger partial charge in [0.05, 0.1) is 12.9 Å². The number of Topliss-reactive ketones (excluding diaryl/α,β-unsaturated/α-hetero) is 1. The number of ether oxygens (including phenoxy) is 4. The highest BCUT2D eigenvalue weighted by Gasteiger charge is 2.31. The van der Waals surface area contributed by atoms with E-state index in [0.717, 1.165) is 37.0 Å². The van der Waals surface area contributed by atoms with Gasteiger partial charge in [-0.2, -0.15) is 0 Å². The fourth-order valence-electron chi connectivity index (χ4n) is 5.08. The van der Waals surface area contributed by atoms with E-state index in [-0.39, 0.29) is 41.7 Å². The fraction of sp³-hybridized carbons (Fsp3) is 0.656. The smallest absolute Gasteiger partial charge is 0.340 e. The first-order valence-electron chi connectivity index (χ1n) is 14.3. The number of carbonyl (C=O) groups is 3. The van der Waals surface area contributed by atoms with E-state index in [9.17, 15) is 14.4 Å². The number of carbonyl (C=O) groups excluding carboxylic acids is 3. The molecule has 2 rings (SSSR count). The monoisotopic (exact) mass is 544 g/mol. The van der Waals surface area contributed by atoms with Crippen LogP contribution in [0.3, 0.4) is 0 Å². The molecule has 39 heavy (non-hydrogen) atoms. The first-order valence-corrected chi connectivity index (χ1v) is 14.3. The summed E-state index contributed by atoms with van der Waals surface area (Å²) in [7, 11) is 2.92. The zero-order valence-electron chi connectivity index (χ0n) is 24.8. The zero-order valence-corrected chi connectivity index (χ0v) is 24.8. The van der Waals surface area contributed by atoms with Crippen LogP contribution in [0, 0.1) is 23.7 Å². The molecular weight excluding hydrogens is 496 g/mol. The lowest BCUT2D eigenvalue weighted by Gasteiger charge is -2.35. The summed E-state index contributed by atoms with van der Waals surface area (Å²) >= 11 is 0. The molecule has 7 heteroatoms. The number of hydrogen-bond acceptors (Lipinski definition) is 7. The minimum absolute atomic E-state index is 0.0448. The maximum atomic E-state index is 13.2. The van der Waals surface area contributed by atoms with Crippen LogP contribution < -0.4 is 0 Å². The maximum Gasteiger partial charge on any atom is 0.340 e. The molecule has 0 radical (unpaired) electrons. The summed E-state index contributed by atoms with van der Waals surface area (Å²) in [5.41, 5.74) is 0.746. The van der Waals surface area contributed by atoms with Crippen LogP contribution in [0.4, 0.5) is 0 Å². The number of rotatable bonds is 16. The molecule has 0 bridgehead atoms. The van der Waals surface area contributed by atoms with Gasteiger partial charge in [-0.1, -0.05) is 58.0 Å². The number of benzene rings is 1. The SMILES string of the molecule is COC(=O)CC[C@@H](C)[C@@H]1OC(CC[C@@H](C)[C@H](CC[C@H](C)C(C)=O)OC(=O)[C@H](OC)c2ccccc2)=CC[C@@H]1C. The second-order valence-corrected chi connectivity index (χ2v) is 11.2. The lowest BCUT2D eigenvalue weighted by atomic mass is 9.85. The largest absolute Gasteiger partial charge is 0.495 e. The molecule has 7 atom stereocenters. The predicted octanol–water partition coefficient (Wildman–Crippen LogP) is 6.61. The van der Waals surface area contributed by atoms with Gasteiger partial charge in [-0.3, -0.25) is 9.59 Å². The van der Waals surface area contributed by atoms with Gasteiger partial charge in [-0.15, -0.1) is 0 Å². The van der Waals surface area contributed by atoms with Crippen molar-refractivity contribution in [1.82, 2.24) is 0 Å². The number of hydrogen-bond donors (Lipinski definition) is 0. The Kier molecular flexibility index (Phi) is 13.7. The average molecular weight is 545 g/mol. The average Bonchev–Trinajstić information content (AvgIpc) is 2.93. The van der Waals surface area contributed by atoms with Crippen LogP contribution in [0.5, 0.6) is 0 Å². The van der Waals surface area contributed by atoms with E-state index < -0.39 is 12.1 Å². The molecule has 0 aliphatic carbocycles. The topological polar surface area (TPSA) is 88.1 Å². The third-order valence-corrected chi connectivity index (χ3v) is 8.04. The zero-order chi connectivity index (χ0) is 28.9. The molecule has 1 aliphatic heterocycles. The van der Waals surface area contributed by atoms with Crippen molar-refractivity contribution in [1.29, 1.82) is 0 Å². The van der Waals surface area contributed by atoms with Crippen LogP contribution >= 0.6 is 0 Å².